The molecule has 0 unspecified atom stereocenters. The SMILES string of the molecule is Nc1ccc(O)c(N)c1NC(=O)c1ccccc1. The summed E-state index contributed by atoms with van der Waals surface area (Å²) in [7, 11) is 0. The number of amides is 1. The minimum atomic E-state index is -0.334. The number of hydrogen-bond donors (Lipinski definition) is 4. The number of anilines is 3. The summed E-state index contributed by atoms with van der Waals surface area (Å²) in [5.74, 6) is -0.452. The molecule has 1 amide bonds. The average molecular weight is 243 g/mol. The quantitative estimate of drug-likeness (QED) is 0.367. The van der Waals surface area contributed by atoms with Gasteiger partial charge in [-0.05, 0) is 24.3 Å². The highest BCUT2D eigenvalue weighted by Gasteiger charge is 2.12. The minimum Gasteiger partial charge on any atom is -0.506 e. The van der Waals surface area contributed by atoms with Gasteiger partial charge in [-0.2, -0.15) is 0 Å². The van der Waals surface area contributed by atoms with Crippen LogP contribution in [0.5, 0.6) is 5.75 Å². The van der Waals surface area contributed by atoms with Gasteiger partial charge in [0.15, 0.2) is 0 Å². The molecule has 5 nitrogen and oxygen atoms in total. The van der Waals surface area contributed by atoms with Crippen LogP contribution in [0.1, 0.15) is 10.4 Å². The monoisotopic (exact) mass is 243 g/mol. The number of nitrogens with one attached hydrogen (secondary N) is 1. The zero-order valence-electron chi connectivity index (χ0n) is 9.55. The normalized spacial score (nSPS) is 10.0. The van der Waals surface area contributed by atoms with E-state index in [1.54, 1.807) is 24.3 Å². The molecule has 0 radical (unpaired) electrons. The van der Waals surface area contributed by atoms with Crippen LogP contribution >= 0.6 is 0 Å². The lowest BCUT2D eigenvalue weighted by molar-refractivity contribution is 0.102. The molecule has 0 saturated carbocycles. The topological polar surface area (TPSA) is 101 Å². The van der Waals surface area contributed by atoms with E-state index in [9.17, 15) is 9.90 Å². The number of benzene rings is 2. The number of carbonyl (C=O) groups is 1. The van der Waals surface area contributed by atoms with Crippen molar-refractivity contribution in [2.45, 2.75) is 0 Å². The number of phenolic OH excluding ortho intramolecular Hbond substituents is 1. The molecule has 2 rings (SSSR count). The average Bonchev–Trinajstić information content (AvgIpc) is 2.40. The van der Waals surface area contributed by atoms with Crippen molar-refractivity contribution in [2.75, 3.05) is 16.8 Å². The predicted octanol–water partition coefficient (Wildman–Crippen LogP) is 1.81. The van der Waals surface area contributed by atoms with Crippen LogP contribution in [-0.2, 0) is 0 Å². The molecule has 0 atom stereocenters. The van der Waals surface area contributed by atoms with Crippen molar-refractivity contribution in [3.63, 3.8) is 0 Å². The fourth-order valence-corrected chi connectivity index (χ4v) is 1.54. The predicted molar refractivity (Wildman–Crippen MR) is 71.3 cm³/mol. The highest BCUT2D eigenvalue weighted by molar-refractivity contribution is 6.08. The van der Waals surface area contributed by atoms with Crippen LogP contribution in [0.3, 0.4) is 0 Å². The van der Waals surface area contributed by atoms with Gasteiger partial charge in [0.1, 0.15) is 5.75 Å². The molecule has 0 aromatic heterocycles. The molecule has 0 heterocycles. The Morgan fingerprint density at radius 1 is 1.06 bits per heavy atom. The molecule has 2 aromatic carbocycles. The Morgan fingerprint density at radius 3 is 2.39 bits per heavy atom. The molecular formula is C13H13N3O2. The maximum atomic E-state index is 11.9. The van der Waals surface area contributed by atoms with Gasteiger partial charge in [-0.25, -0.2) is 0 Å². The van der Waals surface area contributed by atoms with Crippen LogP contribution in [0, 0.1) is 0 Å². The van der Waals surface area contributed by atoms with E-state index in [-0.39, 0.29) is 23.0 Å². The van der Waals surface area contributed by atoms with E-state index >= 15 is 0 Å². The summed E-state index contributed by atoms with van der Waals surface area (Å²) in [6, 6.07) is 11.5. The lowest BCUT2D eigenvalue weighted by Crippen LogP contribution is -2.14. The molecule has 0 aliphatic rings. The molecule has 2 aromatic rings. The van der Waals surface area contributed by atoms with Gasteiger partial charge in [0.05, 0.1) is 17.1 Å². The van der Waals surface area contributed by atoms with E-state index in [1.165, 1.54) is 12.1 Å². The van der Waals surface area contributed by atoms with Gasteiger partial charge >= 0.3 is 0 Å². The Kier molecular flexibility index (Phi) is 3.05. The summed E-state index contributed by atoms with van der Waals surface area (Å²) in [5.41, 5.74) is 12.4. The number of carbonyl (C=O) groups excluding carboxylic acids is 1. The Balaban J connectivity index is 2.30. The molecule has 0 fully saturated rings. The summed E-state index contributed by atoms with van der Waals surface area (Å²) in [4.78, 5) is 11.9. The van der Waals surface area contributed by atoms with Crippen LogP contribution in [0.4, 0.5) is 17.1 Å². The van der Waals surface area contributed by atoms with Gasteiger partial charge in [0.25, 0.3) is 5.91 Å². The third-order valence-corrected chi connectivity index (χ3v) is 2.53. The number of rotatable bonds is 2. The Hall–Kier alpha value is -2.69. The highest BCUT2D eigenvalue weighted by Crippen LogP contribution is 2.33. The van der Waals surface area contributed by atoms with Crippen LogP contribution in [0.15, 0.2) is 42.5 Å². The van der Waals surface area contributed by atoms with Crippen molar-refractivity contribution in [1.82, 2.24) is 0 Å². The van der Waals surface area contributed by atoms with Gasteiger partial charge in [0, 0.05) is 5.56 Å². The fourth-order valence-electron chi connectivity index (χ4n) is 1.54. The first kappa shape index (κ1) is 11.8. The van der Waals surface area contributed by atoms with E-state index in [2.05, 4.69) is 5.32 Å². The first-order chi connectivity index (χ1) is 8.59. The number of aromatic hydroxyl groups is 1. The van der Waals surface area contributed by atoms with Crippen LogP contribution in [-0.4, -0.2) is 11.0 Å². The third kappa shape index (κ3) is 2.20. The fraction of sp³-hybridized carbons (Fsp3) is 0. The molecule has 0 spiro atoms. The molecule has 0 bridgehead atoms. The number of nitrogens with two attached hydrogens (primary N) is 2. The van der Waals surface area contributed by atoms with Gasteiger partial charge < -0.3 is 21.9 Å². The van der Waals surface area contributed by atoms with Crippen molar-refractivity contribution in [2.24, 2.45) is 0 Å². The first-order valence-corrected chi connectivity index (χ1v) is 5.33. The summed E-state index contributed by atoms with van der Waals surface area (Å²) in [6.07, 6.45) is 0. The number of phenols is 1. The zero-order chi connectivity index (χ0) is 13.1. The van der Waals surface area contributed by atoms with E-state index < -0.39 is 0 Å². The van der Waals surface area contributed by atoms with Gasteiger partial charge in [0.2, 0.25) is 0 Å². The molecule has 92 valence electrons. The second-order valence-electron chi connectivity index (χ2n) is 3.78. The molecular weight excluding hydrogens is 230 g/mol. The second-order valence-corrected chi connectivity index (χ2v) is 3.78. The molecule has 0 aliphatic carbocycles. The smallest absolute Gasteiger partial charge is 0.255 e. The van der Waals surface area contributed by atoms with E-state index in [4.69, 9.17) is 11.5 Å². The lowest BCUT2D eigenvalue weighted by Gasteiger charge is -2.12. The Labute approximate surface area is 104 Å². The summed E-state index contributed by atoms with van der Waals surface area (Å²) < 4.78 is 0. The van der Waals surface area contributed by atoms with Crippen molar-refractivity contribution in [1.29, 1.82) is 0 Å². The van der Waals surface area contributed by atoms with Gasteiger partial charge in [-0.1, -0.05) is 18.2 Å². The van der Waals surface area contributed by atoms with Crippen molar-refractivity contribution < 1.29 is 9.90 Å². The van der Waals surface area contributed by atoms with Crippen LogP contribution in [0.2, 0.25) is 0 Å². The maximum absolute atomic E-state index is 11.9. The molecule has 6 N–H and O–H groups in total. The molecule has 0 aliphatic heterocycles. The van der Waals surface area contributed by atoms with E-state index in [1.807, 2.05) is 6.07 Å². The summed E-state index contributed by atoms with van der Waals surface area (Å²) in [5, 5.41) is 12.1. The zero-order valence-corrected chi connectivity index (χ0v) is 9.55. The standard InChI is InChI=1S/C13H13N3O2/c14-9-6-7-10(17)11(15)12(9)16-13(18)8-4-2-1-3-5-8/h1-7,17H,14-15H2,(H,16,18). The van der Waals surface area contributed by atoms with Crippen molar-refractivity contribution in [3.8, 4) is 5.75 Å². The summed E-state index contributed by atoms with van der Waals surface area (Å²) in [6.45, 7) is 0. The van der Waals surface area contributed by atoms with E-state index in [0.717, 1.165) is 0 Å². The van der Waals surface area contributed by atoms with Gasteiger partial charge in [-0.3, -0.25) is 4.79 Å². The van der Waals surface area contributed by atoms with Crippen LogP contribution in [0.25, 0.3) is 0 Å². The Morgan fingerprint density at radius 2 is 1.72 bits per heavy atom. The molecule has 18 heavy (non-hydrogen) atoms. The van der Waals surface area contributed by atoms with E-state index in [0.29, 0.717) is 11.3 Å². The van der Waals surface area contributed by atoms with Crippen molar-refractivity contribution in [3.05, 3.63) is 48.0 Å². The highest BCUT2D eigenvalue weighted by atomic mass is 16.3. The van der Waals surface area contributed by atoms with Gasteiger partial charge in [-0.15, -0.1) is 0 Å². The first-order valence-electron chi connectivity index (χ1n) is 5.33. The molecule has 5 heteroatoms. The Bertz CT molecular complexity index is 582. The van der Waals surface area contributed by atoms with Crippen molar-refractivity contribution >= 4 is 23.0 Å². The van der Waals surface area contributed by atoms with Crippen LogP contribution < -0.4 is 16.8 Å². The minimum absolute atomic E-state index is 0.0549. The second kappa shape index (κ2) is 4.67. The third-order valence-electron chi connectivity index (χ3n) is 2.53. The maximum Gasteiger partial charge on any atom is 0.255 e. The summed E-state index contributed by atoms with van der Waals surface area (Å²) >= 11 is 0. The molecule has 0 saturated heterocycles. The largest absolute Gasteiger partial charge is 0.506 e. The number of nitrogen functional groups attached to an aromatic ring is 2. The number of hydrogen-bond acceptors (Lipinski definition) is 4. The lowest BCUT2D eigenvalue weighted by atomic mass is 10.2.